The first-order chi connectivity index (χ1) is 5.33. The standard InChI is InChI=1S/C9H17NO/c1-8-9(2-5-10-8)3-6-11-7-4-9/h8,10H,2-7H2,1H3/t8-/m1/s1. The fraction of sp³-hybridized carbons (Fsp3) is 1.00. The summed E-state index contributed by atoms with van der Waals surface area (Å²) in [5.74, 6) is 0. The Kier molecular flexibility index (Phi) is 1.90. The van der Waals surface area contributed by atoms with Crippen molar-refractivity contribution in [1.82, 2.24) is 5.32 Å². The summed E-state index contributed by atoms with van der Waals surface area (Å²) < 4.78 is 5.38. The molecule has 2 aliphatic rings. The van der Waals surface area contributed by atoms with Crippen molar-refractivity contribution in [2.75, 3.05) is 19.8 Å². The van der Waals surface area contributed by atoms with Crippen molar-refractivity contribution in [1.29, 1.82) is 0 Å². The van der Waals surface area contributed by atoms with Crippen LogP contribution in [-0.4, -0.2) is 25.8 Å². The minimum atomic E-state index is 0.595. The molecule has 0 radical (unpaired) electrons. The van der Waals surface area contributed by atoms with Gasteiger partial charge in [0.1, 0.15) is 0 Å². The van der Waals surface area contributed by atoms with Crippen molar-refractivity contribution in [3.63, 3.8) is 0 Å². The molecule has 0 bridgehead atoms. The zero-order chi connectivity index (χ0) is 7.73. The van der Waals surface area contributed by atoms with Crippen LogP contribution in [0.25, 0.3) is 0 Å². The van der Waals surface area contributed by atoms with E-state index < -0.39 is 0 Å². The number of hydrogen-bond acceptors (Lipinski definition) is 2. The topological polar surface area (TPSA) is 21.3 Å². The molecule has 0 unspecified atom stereocenters. The first-order valence-corrected chi connectivity index (χ1v) is 4.65. The van der Waals surface area contributed by atoms with Crippen LogP contribution in [0.2, 0.25) is 0 Å². The highest BCUT2D eigenvalue weighted by Crippen LogP contribution is 2.40. The zero-order valence-corrected chi connectivity index (χ0v) is 7.23. The maximum absolute atomic E-state index is 5.38. The molecule has 0 aromatic rings. The lowest BCUT2D eigenvalue weighted by Gasteiger charge is -2.36. The highest BCUT2D eigenvalue weighted by atomic mass is 16.5. The lowest BCUT2D eigenvalue weighted by Crippen LogP contribution is -2.38. The Balaban J connectivity index is 2.06. The maximum atomic E-state index is 5.38. The molecule has 1 atom stereocenters. The van der Waals surface area contributed by atoms with Gasteiger partial charge in [-0.15, -0.1) is 0 Å². The van der Waals surface area contributed by atoms with Gasteiger partial charge < -0.3 is 10.1 Å². The van der Waals surface area contributed by atoms with E-state index in [1.54, 1.807) is 0 Å². The molecule has 0 amide bonds. The van der Waals surface area contributed by atoms with Gasteiger partial charge in [0.15, 0.2) is 0 Å². The number of rotatable bonds is 0. The van der Waals surface area contributed by atoms with Gasteiger partial charge in [-0.2, -0.15) is 0 Å². The van der Waals surface area contributed by atoms with E-state index >= 15 is 0 Å². The van der Waals surface area contributed by atoms with E-state index in [0.717, 1.165) is 13.2 Å². The van der Waals surface area contributed by atoms with Crippen LogP contribution in [0, 0.1) is 5.41 Å². The van der Waals surface area contributed by atoms with Crippen molar-refractivity contribution in [3.8, 4) is 0 Å². The van der Waals surface area contributed by atoms with Crippen molar-refractivity contribution >= 4 is 0 Å². The van der Waals surface area contributed by atoms with Crippen LogP contribution in [0.4, 0.5) is 0 Å². The summed E-state index contributed by atoms with van der Waals surface area (Å²) in [5, 5.41) is 3.52. The van der Waals surface area contributed by atoms with Gasteiger partial charge in [0.05, 0.1) is 0 Å². The molecule has 0 saturated carbocycles. The first kappa shape index (κ1) is 7.56. The molecule has 2 nitrogen and oxygen atoms in total. The largest absolute Gasteiger partial charge is 0.381 e. The summed E-state index contributed by atoms with van der Waals surface area (Å²) in [4.78, 5) is 0. The summed E-state index contributed by atoms with van der Waals surface area (Å²) in [6.45, 7) is 5.48. The van der Waals surface area contributed by atoms with Gasteiger partial charge in [0, 0.05) is 19.3 Å². The third kappa shape index (κ3) is 1.18. The number of hydrogen-bond donors (Lipinski definition) is 1. The maximum Gasteiger partial charge on any atom is 0.0471 e. The summed E-state index contributed by atoms with van der Waals surface area (Å²) in [6.07, 6.45) is 3.89. The van der Waals surface area contributed by atoms with E-state index in [9.17, 15) is 0 Å². The third-order valence-corrected chi connectivity index (χ3v) is 3.48. The van der Waals surface area contributed by atoms with E-state index in [2.05, 4.69) is 12.2 Å². The monoisotopic (exact) mass is 155 g/mol. The Morgan fingerprint density at radius 1 is 1.27 bits per heavy atom. The van der Waals surface area contributed by atoms with Crippen LogP contribution in [0.3, 0.4) is 0 Å². The second-order valence-corrected chi connectivity index (χ2v) is 3.90. The fourth-order valence-corrected chi connectivity index (χ4v) is 2.43. The predicted molar refractivity (Wildman–Crippen MR) is 44.6 cm³/mol. The molecular weight excluding hydrogens is 138 g/mol. The van der Waals surface area contributed by atoms with Crippen molar-refractivity contribution in [2.24, 2.45) is 5.41 Å². The second-order valence-electron chi connectivity index (χ2n) is 3.90. The molecule has 0 aromatic heterocycles. The van der Waals surface area contributed by atoms with Crippen molar-refractivity contribution in [3.05, 3.63) is 0 Å². The van der Waals surface area contributed by atoms with Crippen LogP contribution in [0.1, 0.15) is 26.2 Å². The van der Waals surface area contributed by atoms with Crippen molar-refractivity contribution < 1.29 is 4.74 Å². The number of ether oxygens (including phenoxy) is 1. The van der Waals surface area contributed by atoms with Crippen LogP contribution in [-0.2, 0) is 4.74 Å². The van der Waals surface area contributed by atoms with E-state index in [0.29, 0.717) is 11.5 Å². The molecule has 0 aromatic carbocycles. The first-order valence-electron chi connectivity index (χ1n) is 4.65. The Hall–Kier alpha value is -0.0800. The molecule has 2 saturated heterocycles. The average molecular weight is 155 g/mol. The number of nitrogens with one attached hydrogen (secondary N) is 1. The lowest BCUT2D eigenvalue weighted by atomic mass is 9.75. The van der Waals surface area contributed by atoms with Gasteiger partial charge in [-0.1, -0.05) is 0 Å². The molecule has 2 heterocycles. The molecule has 1 N–H and O–H groups in total. The molecule has 2 heteroatoms. The minimum absolute atomic E-state index is 0.595. The lowest BCUT2D eigenvalue weighted by molar-refractivity contribution is 0.0111. The van der Waals surface area contributed by atoms with Crippen LogP contribution < -0.4 is 5.32 Å². The Morgan fingerprint density at radius 2 is 2.00 bits per heavy atom. The van der Waals surface area contributed by atoms with Gasteiger partial charge in [0.25, 0.3) is 0 Å². The highest BCUT2D eigenvalue weighted by Gasteiger charge is 2.40. The molecule has 11 heavy (non-hydrogen) atoms. The smallest absolute Gasteiger partial charge is 0.0471 e. The van der Waals surface area contributed by atoms with E-state index in [4.69, 9.17) is 4.74 Å². The summed E-state index contributed by atoms with van der Waals surface area (Å²) in [7, 11) is 0. The second kappa shape index (κ2) is 2.76. The van der Waals surface area contributed by atoms with Crippen LogP contribution in [0.5, 0.6) is 0 Å². The van der Waals surface area contributed by atoms with Crippen LogP contribution >= 0.6 is 0 Å². The summed E-state index contributed by atoms with van der Waals surface area (Å²) in [5.41, 5.74) is 0.595. The highest BCUT2D eigenvalue weighted by molar-refractivity contribution is 4.95. The molecule has 64 valence electrons. The quantitative estimate of drug-likeness (QED) is 0.567. The summed E-state index contributed by atoms with van der Waals surface area (Å²) in [6, 6.07) is 0.714. The van der Waals surface area contributed by atoms with Gasteiger partial charge in [-0.3, -0.25) is 0 Å². The van der Waals surface area contributed by atoms with E-state index in [1.807, 2.05) is 0 Å². The van der Waals surface area contributed by atoms with E-state index in [-0.39, 0.29) is 0 Å². The van der Waals surface area contributed by atoms with E-state index in [1.165, 1.54) is 25.8 Å². The van der Waals surface area contributed by atoms with Crippen LogP contribution in [0.15, 0.2) is 0 Å². The Bertz CT molecular complexity index is 140. The third-order valence-electron chi connectivity index (χ3n) is 3.48. The molecule has 2 fully saturated rings. The molecule has 2 aliphatic heterocycles. The van der Waals surface area contributed by atoms with Crippen molar-refractivity contribution in [2.45, 2.75) is 32.2 Å². The predicted octanol–water partition coefficient (Wildman–Crippen LogP) is 1.17. The average Bonchev–Trinajstić information content (AvgIpc) is 2.36. The normalized spacial score (nSPS) is 36.3. The molecule has 2 rings (SSSR count). The minimum Gasteiger partial charge on any atom is -0.381 e. The molecule has 1 spiro atoms. The fourth-order valence-electron chi connectivity index (χ4n) is 2.43. The summed E-state index contributed by atoms with van der Waals surface area (Å²) >= 11 is 0. The van der Waals surface area contributed by atoms with Gasteiger partial charge in [0.2, 0.25) is 0 Å². The van der Waals surface area contributed by atoms with Gasteiger partial charge in [-0.25, -0.2) is 0 Å². The zero-order valence-electron chi connectivity index (χ0n) is 7.23. The molecular formula is C9H17NO. The molecule has 0 aliphatic carbocycles. The Morgan fingerprint density at radius 3 is 2.55 bits per heavy atom. The Labute approximate surface area is 68.3 Å². The van der Waals surface area contributed by atoms with Gasteiger partial charge in [-0.05, 0) is 38.1 Å². The van der Waals surface area contributed by atoms with Gasteiger partial charge >= 0.3 is 0 Å². The SMILES string of the molecule is C[C@H]1NCCC12CCOCC2.